The van der Waals surface area contributed by atoms with Gasteiger partial charge < -0.3 is 25.6 Å². The van der Waals surface area contributed by atoms with Gasteiger partial charge in [-0.25, -0.2) is 0 Å². The van der Waals surface area contributed by atoms with E-state index in [2.05, 4.69) is 9.88 Å². The van der Waals surface area contributed by atoms with Gasteiger partial charge in [0, 0.05) is 12.1 Å². The molecule has 0 aliphatic carbocycles. The smallest absolute Gasteiger partial charge is 0.129 e. The molecule has 0 bridgehead atoms. The zero-order valence-corrected chi connectivity index (χ0v) is 11.1. The Morgan fingerprint density at radius 1 is 0.609 bits per heavy atom. The monoisotopic (exact) mass is 318 g/mol. The molecule has 2 aliphatic heterocycles. The first-order chi connectivity index (χ1) is 11.0. The van der Waals surface area contributed by atoms with Crippen LogP contribution in [0.25, 0.3) is 0 Å². The van der Waals surface area contributed by atoms with Crippen molar-refractivity contribution in [3.63, 3.8) is 0 Å². The van der Waals surface area contributed by atoms with Gasteiger partial charge in [-0.15, -0.1) is 0 Å². The highest BCUT2D eigenvalue weighted by atomic mass is 17.1. The van der Waals surface area contributed by atoms with Crippen molar-refractivity contribution in [3.05, 3.63) is 57.2 Å². The van der Waals surface area contributed by atoms with Gasteiger partial charge in [-0.05, 0) is 24.3 Å². The van der Waals surface area contributed by atoms with Crippen LogP contribution in [0.15, 0.2) is 36.4 Å². The number of hydrogen-bond acceptors (Lipinski definition) is 11. The lowest BCUT2D eigenvalue weighted by molar-refractivity contribution is 0.150. The van der Waals surface area contributed by atoms with Gasteiger partial charge in [0.15, 0.2) is 0 Å². The fourth-order valence-electron chi connectivity index (χ4n) is 2.18. The van der Waals surface area contributed by atoms with Gasteiger partial charge >= 0.3 is 0 Å². The molecule has 2 aromatic rings. The van der Waals surface area contributed by atoms with Crippen LogP contribution in [0.2, 0.25) is 0 Å². The van der Waals surface area contributed by atoms with Gasteiger partial charge in [-0.2, -0.15) is 9.88 Å². The van der Waals surface area contributed by atoms with Crippen LogP contribution < -0.4 is 25.6 Å². The zero-order valence-electron chi connectivity index (χ0n) is 11.1. The SMILES string of the molecule is [O-]N1ON([O-])c2cc(Oc3ccc4c(c3)N([O-])ON4[O-])ccc21. The molecule has 2 aromatic carbocycles. The highest BCUT2D eigenvalue weighted by Gasteiger charge is 2.19. The molecule has 0 radical (unpaired) electrons. The lowest BCUT2D eigenvalue weighted by Crippen LogP contribution is -2.17. The third-order valence-corrected chi connectivity index (χ3v) is 3.21. The van der Waals surface area contributed by atoms with E-state index in [-0.39, 0.29) is 55.2 Å². The first-order valence-electron chi connectivity index (χ1n) is 6.24. The number of anilines is 4. The van der Waals surface area contributed by atoms with Crippen molar-refractivity contribution >= 4 is 22.7 Å². The molecule has 4 rings (SSSR count). The fraction of sp³-hybridized carbons (Fsp3) is 0. The van der Waals surface area contributed by atoms with E-state index in [0.717, 1.165) is 0 Å². The number of fused-ring (bicyclic) bond motifs is 2. The molecule has 0 N–H and O–H groups in total. The van der Waals surface area contributed by atoms with Crippen molar-refractivity contribution in [1.29, 1.82) is 0 Å². The molecule has 0 saturated heterocycles. The predicted molar refractivity (Wildman–Crippen MR) is 78.5 cm³/mol. The van der Waals surface area contributed by atoms with Crippen LogP contribution in [0.1, 0.15) is 0 Å². The molecule has 0 fully saturated rings. The summed E-state index contributed by atoms with van der Waals surface area (Å²) in [6, 6.07) is 8.21. The van der Waals surface area contributed by atoms with E-state index in [1.165, 1.54) is 36.4 Å². The largest absolute Gasteiger partial charge is 0.731 e. The van der Waals surface area contributed by atoms with Crippen molar-refractivity contribution in [1.82, 2.24) is 0 Å². The number of ether oxygens (including phenoxy) is 1. The summed E-state index contributed by atoms with van der Waals surface area (Å²) < 4.78 is 5.51. The van der Waals surface area contributed by atoms with E-state index in [1.54, 1.807) is 0 Å². The summed E-state index contributed by atoms with van der Waals surface area (Å²) in [5, 5.41) is 45.6. The van der Waals surface area contributed by atoms with E-state index in [4.69, 9.17) is 4.74 Å². The van der Waals surface area contributed by atoms with Crippen molar-refractivity contribution in [2.24, 2.45) is 0 Å². The number of nitrogens with zero attached hydrogens (tertiary/aromatic N) is 4. The Balaban J connectivity index is 1.62. The summed E-state index contributed by atoms with van der Waals surface area (Å²) in [4.78, 5) is 8.64. The standard InChI is InChI=1S/C12H6N4O7/c17-13-9-3-1-7(5-11(9)15(19)22-13)21-8-2-4-10-12(6-8)16(20)23-14(10)18/h1-6H/q-4. The summed E-state index contributed by atoms with van der Waals surface area (Å²) in [6.45, 7) is 0. The van der Waals surface area contributed by atoms with Gasteiger partial charge in [0.1, 0.15) is 11.5 Å². The maximum absolute atomic E-state index is 11.4. The highest BCUT2D eigenvalue weighted by Crippen LogP contribution is 2.41. The lowest BCUT2D eigenvalue weighted by atomic mass is 10.2. The number of rotatable bonds is 2. The third kappa shape index (κ3) is 2.17. The molecule has 0 atom stereocenters. The van der Waals surface area contributed by atoms with Crippen LogP contribution in [-0.2, 0) is 9.88 Å². The molecule has 0 unspecified atom stereocenters. The second-order valence-corrected chi connectivity index (χ2v) is 4.59. The van der Waals surface area contributed by atoms with E-state index in [9.17, 15) is 20.8 Å². The average Bonchev–Trinajstić information content (AvgIpc) is 2.96. The second kappa shape index (κ2) is 4.85. The van der Waals surface area contributed by atoms with Gasteiger partial charge in [-0.3, -0.25) is 20.9 Å². The molecular formula is C12H6N4O7-4. The minimum atomic E-state index is -0.0156. The Hall–Kier alpha value is -2.80. The molecular weight excluding hydrogens is 312 g/mol. The first kappa shape index (κ1) is 13.8. The number of hydrogen-bond donors (Lipinski definition) is 0. The predicted octanol–water partition coefficient (Wildman–Crippen LogP) is 2.42. The average molecular weight is 318 g/mol. The summed E-state index contributed by atoms with van der Waals surface area (Å²) in [5.74, 6) is 0.470. The van der Waals surface area contributed by atoms with Crippen LogP contribution in [0, 0.1) is 20.8 Å². The maximum atomic E-state index is 11.4. The summed E-state index contributed by atoms with van der Waals surface area (Å²) in [5.41, 5.74) is 0.0567. The Kier molecular flexibility index (Phi) is 2.92. The maximum Gasteiger partial charge on any atom is 0.129 e. The normalized spacial score (nSPS) is 16.0. The Morgan fingerprint density at radius 3 is 1.43 bits per heavy atom. The van der Waals surface area contributed by atoms with Crippen LogP contribution in [0.3, 0.4) is 0 Å². The van der Waals surface area contributed by atoms with E-state index in [1.807, 2.05) is 0 Å². The molecule has 120 valence electrons. The minimum absolute atomic E-state index is 0.0156. The zero-order chi connectivity index (χ0) is 16.1. The molecule has 11 nitrogen and oxygen atoms in total. The van der Waals surface area contributed by atoms with Gasteiger partial charge in [0.2, 0.25) is 0 Å². The van der Waals surface area contributed by atoms with Crippen LogP contribution in [0.4, 0.5) is 22.7 Å². The van der Waals surface area contributed by atoms with Crippen LogP contribution in [-0.4, -0.2) is 0 Å². The second-order valence-electron chi connectivity index (χ2n) is 4.59. The van der Waals surface area contributed by atoms with Crippen LogP contribution in [0.5, 0.6) is 11.5 Å². The Morgan fingerprint density at radius 2 is 1.00 bits per heavy atom. The van der Waals surface area contributed by atoms with Crippen molar-refractivity contribution in [2.75, 3.05) is 20.9 Å². The third-order valence-electron chi connectivity index (χ3n) is 3.21. The highest BCUT2D eigenvalue weighted by molar-refractivity contribution is 5.76. The lowest BCUT2D eigenvalue weighted by Gasteiger charge is -2.26. The number of benzene rings is 2. The molecule has 0 amide bonds. The van der Waals surface area contributed by atoms with Crippen molar-refractivity contribution < 1.29 is 14.6 Å². The van der Waals surface area contributed by atoms with Crippen LogP contribution >= 0.6 is 0 Å². The fourth-order valence-corrected chi connectivity index (χ4v) is 2.18. The minimum Gasteiger partial charge on any atom is -0.731 e. The summed E-state index contributed by atoms with van der Waals surface area (Å²) in [6.07, 6.45) is 0. The van der Waals surface area contributed by atoms with Crippen molar-refractivity contribution in [3.8, 4) is 11.5 Å². The van der Waals surface area contributed by atoms with Gasteiger partial charge in [0.05, 0.1) is 22.7 Å². The molecule has 0 aromatic heterocycles. The topological polar surface area (TPSA) is 133 Å². The van der Waals surface area contributed by atoms with E-state index in [0.29, 0.717) is 0 Å². The van der Waals surface area contributed by atoms with E-state index < -0.39 is 0 Å². The quantitative estimate of drug-likeness (QED) is 0.807. The van der Waals surface area contributed by atoms with Gasteiger partial charge in [-0.1, -0.05) is 0 Å². The van der Waals surface area contributed by atoms with Crippen molar-refractivity contribution in [2.45, 2.75) is 0 Å². The Bertz CT molecular complexity index is 710. The molecule has 23 heavy (non-hydrogen) atoms. The van der Waals surface area contributed by atoms with Gasteiger partial charge in [0.25, 0.3) is 0 Å². The molecule has 0 saturated carbocycles. The molecule has 2 aliphatic rings. The Labute approximate surface area is 128 Å². The molecule has 0 spiro atoms. The first-order valence-corrected chi connectivity index (χ1v) is 6.24. The molecule has 11 heteroatoms. The molecule has 2 heterocycles. The van der Waals surface area contributed by atoms with E-state index >= 15 is 0 Å². The summed E-state index contributed by atoms with van der Waals surface area (Å²) in [7, 11) is 0. The summed E-state index contributed by atoms with van der Waals surface area (Å²) >= 11 is 0.